The molecule has 5 rings (SSSR count). The molecule has 0 saturated carbocycles. The van der Waals surface area contributed by atoms with Crippen LogP contribution in [0.5, 0.6) is 0 Å². The average molecular weight is 561 g/mol. The van der Waals surface area contributed by atoms with Gasteiger partial charge in [-0.1, -0.05) is 62.1 Å². The fourth-order valence-corrected chi connectivity index (χ4v) is 5.73. The lowest BCUT2D eigenvalue weighted by Crippen LogP contribution is -2.33. The van der Waals surface area contributed by atoms with Crippen LogP contribution in [0.1, 0.15) is 30.7 Å². The van der Waals surface area contributed by atoms with Gasteiger partial charge < -0.3 is 5.32 Å². The Labute approximate surface area is 234 Å². The standard InChI is InChI=1S/C28H28N6O3S2/c1-16(2)15-29-23-20(25(35)32-13-9-10-17(3)24(32)30-23)14-21-26(36)33(28(38)39-21)22-18(4)31(5)34(27(22)37)19-11-7-6-8-12-19/h6-14,16,29H,15H2,1-5H3. The maximum Gasteiger partial charge on any atom is 0.296 e. The lowest BCUT2D eigenvalue weighted by atomic mass is 10.2. The van der Waals surface area contributed by atoms with Gasteiger partial charge in [0.05, 0.1) is 21.8 Å². The van der Waals surface area contributed by atoms with E-state index in [0.717, 1.165) is 17.3 Å². The van der Waals surface area contributed by atoms with Gasteiger partial charge >= 0.3 is 0 Å². The molecule has 0 bridgehead atoms. The molecule has 0 radical (unpaired) electrons. The molecular weight excluding hydrogens is 532 g/mol. The van der Waals surface area contributed by atoms with E-state index >= 15 is 0 Å². The van der Waals surface area contributed by atoms with Crippen molar-refractivity contribution in [2.75, 3.05) is 16.8 Å². The van der Waals surface area contributed by atoms with Crippen LogP contribution in [0, 0.1) is 19.8 Å². The summed E-state index contributed by atoms with van der Waals surface area (Å²) < 4.78 is 4.90. The summed E-state index contributed by atoms with van der Waals surface area (Å²) in [5.41, 5.74) is 2.44. The summed E-state index contributed by atoms with van der Waals surface area (Å²) in [5, 5.41) is 3.27. The molecule has 0 aliphatic carbocycles. The van der Waals surface area contributed by atoms with E-state index in [2.05, 4.69) is 19.2 Å². The number of pyridine rings is 1. The van der Waals surface area contributed by atoms with Crippen molar-refractivity contribution >= 4 is 57.4 Å². The van der Waals surface area contributed by atoms with E-state index in [1.165, 1.54) is 20.1 Å². The Kier molecular flexibility index (Phi) is 7.04. The number of aromatic nitrogens is 4. The van der Waals surface area contributed by atoms with Gasteiger partial charge in [-0.05, 0) is 49.6 Å². The molecule has 1 N–H and O–H groups in total. The number of benzene rings is 1. The topological polar surface area (TPSA) is 93.6 Å². The largest absolute Gasteiger partial charge is 0.369 e. The first-order valence-electron chi connectivity index (χ1n) is 12.5. The van der Waals surface area contributed by atoms with Gasteiger partial charge in [-0.2, -0.15) is 0 Å². The number of carbonyl (C=O) groups excluding carboxylic acids is 1. The average Bonchev–Trinajstić information content (AvgIpc) is 3.30. The van der Waals surface area contributed by atoms with Gasteiger partial charge in [-0.3, -0.25) is 28.4 Å². The molecule has 0 spiro atoms. The van der Waals surface area contributed by atoms with Crippen LogP contribution in [-0.2, 0) is 11.8 Å². The van der Waals surface area contributed by atoms with Gasteiger partial charge in [0.25, 0.3) is 17.0 Å². The van der Waals surface area contributed by atoms with E-state index < -0.39 is 5.91 Å². The van der Waals surface area contributed by atoms with Crippen LogP contribution >= 0.6 is 24.0 Å². The minimum absolute atomic E-state index is 0.189. The van der Waals surface area contributed by atoms with Crippen LogP contribution < -0.4 is 21.3 Å². The van der Waals surface area contributed by atoms with Crippen LogP contribution in [0.3, 0.4) is 0 Å². The smallest absolute Gasteiger partial charge is 0.296 e. The number of nitrogens with zero attached hydrogens (tertiary/aromatic N) is 5. The molecule has 1 amide bonds. The number of amides is 1. The Morgan fingerprint density at radius 1 is 1.05 bits per heavy atom. The highest BCUT2D eigenvalue weighted by molar-refractivity contribution is 8.27. The molecule has 3 aromatic heterocycles. The van der Waals surface area contributed by atoms with Crippen molar-refractivity contribution in [2.24, 2.45) is 13.0 Å². The minimum atomic E-state index is -0.459. The highest BCUT2D eigenvalue weighted by Crippen LogP contribution is 2.36. The van der Waals surface area contributed by atoms with Gasteiger partial charge in [0, 0.05) is 19.8 Å². The van der Waals surface area contributed by atoms with Crippen LogP contribution in [0.15, 0.2) is 63.2 Å². The molecule has 4 aromatic rings. The van der Waals surface area contributed by atoms with E-state index in [0.29, 0.717) is 35.3 Å². The SMILES string of the molecule is Cc1cccn2c(=O)c(C=C3SC(=S)N(c4c(C)n(C)n(-c5ccccc5)c4=O)C3=O)c(NCC(C)C)nc12. The normalized spacial score (nSPS) is 14.8. The Balaban J connectivity index is 1.62. The molecule has 1 aromatic carbocycles. The summed E-state index contributed by atoms with van der Waals surface area (Å²) in [5.74, 6) is 0.246. The Morgan fingerprint density at radius 2 is 1.77 bits per heavy atom. The van der Waals surface area contributed by atoms with Gasteiger partial charge in [0.15, 0.2) is 4.32 Å². The molecule has 1 fully saturated rings. The van der Waals surface area contributed by atoms with Gasteiger partial charge in [0.1, 0.15) is 17.2 Å². The first kappa shape index (κ1) is 26.6. The second-order valence-corrected chi connectivity index (χ2v) is 11.4. The minimum Gasteiger partial charge on any atom is -0.369 e. The van der Waals surface area contributed by atoms with Crippen LogP contribution in [0.4, 0.5) is 11.5 Å². The summed E-state index contributed by atoms with van der Waals surface area (Å²) in [6.45, 7) is 8.37. The van der Waals surface area contributed by atoms with Crippen molar-refractivity contribution in [1.82, 2.24) is 18.7 Å². The number of thiocarbonyl (C=S) groups is 1. The van der Waals surface area contributed by atoms with E-state index in [1.807, 2.05) is 43.3 Å². The van der Waals surface area contributed by atoms with Crippen molar-refractivity contribution in [3.8, 4) is 5.69 Å². The number of para-hydroxylation sites is 1. The van der Waals surface area contributed by atoms with Gasteiger partial charge in [0.2, 0.25) is 0 Å². The van der Waals surface area contributed by atoms with Gasteiger partial charge in [-0.15, -0.1) is 0 Å². The van der Waals surface area contributed by atoms with Crippen molar-refractivity contribution in [1.29, 1.82) is 0 Å². The lowest BCUT2D eigenvalue weighted by molar-refractivity contribution is -0.113. The van der Waals surface area contributed by atoms with E-state index in [1.54, 1.807) is 30.9 Å². The summed E-state index contributed by atoms with van der Waals surface area (Å²) in [7, 11) is 1.76. The molecule has 39 heavy (non-hydrogen) atoms. The summed E-state index contributed by atoms with van der Waals surface area (Å²) in [6, 6.07) is 12.9. The molecule has 9 nitrogen and oxygen atoms in total. The predicted octanol–water partition coefficient (Wildman–Crippen LogP) is 4.27. The van der Waals surface area contributed by atoms with Crippen LogP contribution in [0.25, 0.3) is 17.4 Å². The molecule has 0 unspecified atom stereocenters. The first-order valence-corrected chi connectivity index (χ1v) is 13.7. The number of anilines is 2. The number of hydrogen-bond donors (Lipinski definition) is 1. The Morgan fingerprint density at radius 3 is 2.46 bits per heavy atom. The van der Waals surface area contributed by atoms with Crippen LogP contribution in [-0.4, -0.2) is 35.5 Å². The number of carbonyl (C=O) groups is 1. The van der Waals surface area contributed by atoms with Gasteiger partial charge in [-0.25, -0.2) is 9.67 Å². The number of rotatable bonds is 6. The van der Waals surface area contributed by atoms with E-state index in [4.69, 9.17) is 17.2 Å². The Hall–Kier alpha value is -3.96. The zero-order valence-corrected chi connectivity index (χ0v) is 23.9. The van der Waals surface area contributed by atoms with E-state index in [9.17, 15) is 14.4 Å². The fraction of sp³-hybridized carbons (Fsp3) is 0.250. The summed E-state index contributed by atoms with van der Waals surface area (Å²) >= 11 is 6.64. The number of hydrogen-bond acceptors (Lipinski definition) is 7. The monoisotopic (exact) mass is 560 g/mol. The Bertz CT molecular complexity index is 1780. The molecule has 1 aliphatic heterocycles. The molecular formula is C28H28N6O3S2. The molecule has 0 atom stereocenters. The molecule has 4 heterocycles. The number of aryl methyl sites for hydroxylation is 1. The zero-order chi connectivity index (χ0) is 28.0. The molecule has 1 aliphatic rings. The predicted molar refractivity (Wildman–Crippen MR) is 161 cm³/mol. The maximum absolute atomic E-state index is 13.7. The first-order chi connectivity index (χ1) is 18.6. The molecule has 1 saturated heterocycles. The third-order valence-electron chi connectivity index (χ3n) is 6.58. The number of nitrogens with one attached hydrogen (secondary N) is 1. The van der Waals surface area contributed by atoms with Crippen molar-refractivity contribution in [3.05, 3.63) is 91.1 Å². The second-order valence-electron chi connectivity index (χ2n) is 9.77. The molecule has 11 heteroatoms. The molecule has 200 valence electrons. The quantitative estimate of drug-likeness (QED) is 0.278. The van der Waals surface area contributed by atoms with Crippen LogP contribution in [0.2, 0.25) is 0 Å². The highest BCUT2D eigenvalue weighted by atomic mass is 32.2. The summed E-state index contributed by atoms with van der Waals surface area (Å²) in [6.07, 6.45) is 3.19. The third-order valence-corrected chi connectivity index (χ3v) is 7.88. The summed E-state index contributed by atoms with van der Waals surface area (Å²) in [4.78, 5) is 47.1. The van der Waals surface area contributed by atoms with E-state index in [-0.39, 0.29) is 31.6 Å². The van der Waals surface area contributed by atoms with Crippen molar-refractivity contribution < 1.29 is 4.79 Å². The maximum atomic E-state index is 13.7. The van der Waals surface area contributed by atoms with Crippen molar-refractivity contribution in [3.63, 3.8) is 0 Å². The third kappa shape index (κ3) is 4.61. The zero-order valence-electron chi connectivity index (χ0n) is 22.3. The second kappa shape index (κ2) is 10.3. The van der Waals surface area contributed by atoms with Crippen molar-refractivity contribution in [2.45, 2.75) is 27.7 Å². The number of thioether (sulfide) groups is 1. The number of fused-ring (bicyclic) bond motifs is 1. The lowest BCUT2D eigenvalue weighted by Gasteiger charge is -2.14. The highest BCUT2D eigenvalue weighted by Gasteiger charge is 2.38. The fourth-order valence-electron chi connectivity index (χ4n) is 4.48.